The first-order chi connectivity index (χ1) is 8.84. The maximum Gasteiger partial charge on any atom is 0.322 e. The lowest BCUT2D eigenvalue weighted by Crippen LogP contribution is -2.28. The highest BCUT2D eigenvalue weighted by atomic mass is 16.5. The Kier molecular flexibility index (Phi) is 8.15. The molecule has 0 spiro atoms. The fraction of sp³-hybridized carbons (Fsp3) is 0.385. The summed E-state index contributed by atoms with van der Waals surface area (Å²) in [4.78, 5) is 20.5. The molecule has 0 aromatic heterocycles. The van der Waals surface area contributed by atoms with E-state index in [9.17, 15) is 9.59 Å². The summed E-state index contributed by atoms with van der Waals surface area (Å²) >= 11 is 0. The third-order valence-electron chi connectivity index (χ3n) is 1.99. The van der Waals surface area contributed by atoms with Crippen LogP contribution >= 0.6 is 0 Å². The van der Waals surface area contributed by atoms with Gasteiger partial charge in [0.1, 0.15) is 18.7 Å². The number of hydrogen-bond donors (Lipinski definition) is 3. The topological polar surface area (TPSA) is 116 Å². The number of carbonyl (C=O) groups excluding carboxylic acids is 1. The van der Waals surface area contributed by atoms with Gasteiger partial charge in [-0.05, 0) is 19.4 Å². The van der Waals surface area contributed by atoms with E-state index in [0.29, 0.717) is 6.61 Å². The second-order valence-corrected chi connectivity index (χ2v) is 4.01. The molecule has 2 atom stereocenters. The van der Waals surface area contributed by atoms with E-state index in [2.05, 4.69) is 0 Å². The van der Waals surface area contributed by atoms with Gasteiger partial charge in [0, 0.05) is 0 Å². The fourth-order valence-corrected chi connectivity index (χ4v) is 0.860. The van der Waals surface area contributed by atoms with Crippen molar-refractivity contribution in [1.29, 1.82) is 0 Å². The third kappa shape index (κ3) is 8.76. The van der Waals surface area contributed by atoms with Crippen molar-refractivity contribution in [2.24, 2.45) is 11.5 Å². The number of esters is 1. The van der Waals surface area contributed by atoms with E-state index < -0.39 is 18.1 Å². The molecule has 19 heavy (non-hydrogen) atoms. The quantitative estimate of drug-likeness (QED) is 0.685. The number of ether oxygens (including phenoxy) is 1. The molecular weight excluding hydrogens is 248 g/mol. The van der Waals surface area contributed by atoms with Crippen LogP contribution in [0, 0.1) is 0 Å². The number of carbonyl (C=O) groups is 2. The molecule has 0 fully saturated rings. The number of hydrogen-bond acceptors (Lipinski definition) is 5. The number of benzene rings is 1. The summed E-state index contributed by atoms with van der Waals surface area (Å²) in [6.07, 6.45) is 0. The highest BCUT2D eigenvalue weighted by molar-refractivity contribution is 5.74. The van der Waals surface area contributed by atoms with Crippen molar-refractivity contribution >= 4 is 11.9 Å². The van der Waals surface area contributed by atoms with Crippen molar-refractivity contribution < 1.29 is 19.4 Å². The van der Waals surface area contributed by atoms with Crippen molar-refractivity contribution in [2.45, 2.75) is 32.5 Å². The molecule has 6 nitrogen and oxygen atoms in total. The molecule has 0 amide bonds. The molecule has 0 unspecified atom stereocenters. The highest BCUT2D eigenvalue weighted by Crippen LogP contribution is 2.00. The molecule has 106 valence electrons. The maximum absolute atomic E-state index is 11.0. The highest BCUT2D eigenvalue weighted by Gasteiger charge is 2.07. The van der Waals surface area contributed by atoms with Gasteiger partial charge in [-0.25, -0.2) is 0 Å². The van der Waals surface area contributed by atoms with Gasteiger partial charge >= 0.3 is 11.9 Å². The minimum atomic E-state index is -0.963. The molecule has 0 aliphatic carbocycles. The van der Waals surface area contributed by atoms with Crippen LogP contribution in [0.2, 0.25) is 0 Å². The van der Waals surface area contributed by atoms with Crippen LogP contribution in [-0.4, -0.2) is 29.1 Å². The summed E-state index contributed by atoms with van der Waals surface area (Å²) in [7, 11) is 0. The minimum absolute atomic E-state index is 0.293. The van der Waals surface area contributed by atoms with Crippen molar-refractivity contribution in [3.05, 3.63) is 35.9 Å². The SMILES string of the molecule is C[C@H](N)C(=O)O.C[C@H](N)C(=O)OCc1ccccc1. The van der Waals surface area contributed by atoms with Gasteiger partial charge in [0.2, 0.25) is 0 Å². The maximum atomic E-state index is 11.0. The molecule has 5 N–H and O–H groups in total. The summed E-state index contributed by atoms with van der Waals surface area (Å²) in [6.45, 7) is 3.32. The largest absolute Gasteiger partial charge is 0.480 e. The van der Waals surface area contributed by atoms with Gasteiger partial charge in [0.15, 0.2) is 0 Å². The third-order valence-corrected chi connectivity index (χ3v) is 1.99. The van der Waals surface area contributed by atoms with Crippen molar-refractivity contribution in [1.82, 2.24) is 0 Å². The summed E-state index contributed by atoms with van der Waals surface area (Å²) in [5.74, 6) is -1.33. The van der Waals surface area contributed by atoms with Gasteiger partial charge in [-0.15, -0.1) is 0 Å². The molecule has 0 aliphatic rings. The molecule has 0 radical (unpaired) electrons. The smallest absolute Gasteiger partial charge is 0.322 e. The van der Waals surface area contributed by atoms with Gasteiger partial charge < -0.3 is 21.3 Å². The van der Waals surface area contributed by atoms with Crippen LogP contribution in [0.1, 0.15) is 19.4 Å². The number of carboxylic acids is 1. The molecule has 0 bridgehead atoms. The Labute approximate surface area is 112 Å². The number of rotatable bonds is 4. The molecule has 0 heterocycles. The molecule has 6 heteroatoms. The minimum Gasteiger partial charge on any atom is -0.480 e. The normalized spacial score (nSPS) is 12.6. The number of aliphatic carboxylic acids is 1. The molecule has 1 aromatic carbocycles. The van der Waals surface area contributed by atoms with Crippen LogP contribution < -0.4 is 11.5 Å². The average Bonchev–Trinajstić information content (AvgIpc) is 2.37. The second-order valence-electron chi connectivity index (χ2n) is 4.01. The zero-order valence-corrected chi connectivity index (χ0v) is 11.1. The van der Waals surface area contributed by atoms with Crippen LogP contribution in [0.3, 0.4) is 0 Å². The van der Waals surface area contributed by atoms with Gasteiger partial charge in [-0.3, -0.25) is 9.59 Å². The van der Waals surface area contributed by atoms with Crippen molar-refractivity contribution in [3.8, 4) is 0 Å². The molecular formula is C13H20N2O4. The van der Waals surface area contributed by atoms with Crippen LogP contribution in [0.4, 0.5) is 0 Å². The summed E-state index contributed by atoms with van der Waals surface area (Å²) in [5.41, 5.74) is 11.1. The summed E-state index contributed by atoms with van der Waals surface area (Å²) in [5, 5.41) is 7.87. The van der Waals surface area contributed by atoms with E-state index in [1.807, 2.05) is 30.3 Å². The molecule has 0 aliphatic heterocycles. The van der Waals surface area contributed by atoms with E-state index in [1.165, 1.54) is 6.92 Å². The Hall–Kier alpha value is -1.92. The predicted octanol–water partition coefficient (Wildman–Crippen LogP) is 0.495. The van der Waals surface area contributed by atoms with Gasteiger partial charge in [0.25, 0.3) is 0 Å². The lowest BCUT2D eigenvalue weighted by molar-refractivity contribution is -0.146. The Morgan fingerprint density at radius 3 is 2.00 bits per heavy atom. The molecule has 1 aromatic rings. The van der Waals surface area contributed by atoms with E-state index >= 15 is 0 Å². The summed E-state index contributed by atoms with van der Waals surface area (Å²) in [6, 6.07) is 8.22. The zero-order valence-electron chi connectivity index (χ0n) is 11.1. The van der Waals surface area contributed by atoms with Crippen molar-refractivity contribution in [3.63, 3.8) is 0 Å². The lowest BCUT2D eigenvalue weighted by Gasteiger charge is -2.06. The number of nitrogens with two attached hydrogens (primary N) is 2. The first-order valence-corrected chi connectivity index (χ1v) is 5.79. The fourth-order valence-electron chi connectivity index (χ4n) is 0.860. The Morgan fingerprint density at radius 1 is 1.16 bits per heavy atom. The predicted molar refractivity (Wildman–Crippen MR) is 71.2 cm³/mol. The Morgan fingerprint density at radius 2 is 1.63 bits per heavy atom. The molecule has 0 saturated carbocycles. The van der Waals surface area contributed by atoms with Gasteiger partial charge in [-0.2, -0.15) is 0 Å². The van der Waals surface area contributed by atoms with E-state index in [0.717, 1.165) is 5.56 Å². The van der Waals surface area contributed by atoms with Gasteiger partial charge in [-0.1, -0.05) is 30.3 Å². The van der Waals surface area contributed by atoms with E-state index in [4.69, 9.17) is 21.3 Å². The van der Waals surface area contributed by atoms with Crippen molar-refractivity contribution in [2.75, 3.05) is 0 Å². The monoisotopic (exact) mass is 268 g/mol. The van der Waals surface area contributed by atoms with Crippen LogP contribution in [0.15, 0.2) is 30.3 Å². The average molecular weight is 268 g/mol. The van der Waals surface area contributed by atoms with E-state index in [-0.39, 0.29) is 5.97 Å². The van der Waals surface area contributed by atoms with Crippen LogP contribution in [-0.2, 0) is 20.9 Å². The Bertz CT molecular complexity index is 391. The van der Waals surface area contributed by atoms with E-state index in [1.54, 1.807) is 6.92 Å². The Balaban J connectivity index is 0.000000459. The molecule has 1 rings (SSSR count). The standard InChI is InChI=1S/C10H13NO2.C3H7NO2/c1-8(11)10(12)13-7-9-5-3-2-4-6-9;1-2(4)3(5)6/h2-6,8H,7,11H2,1H3;2H,4H2,1H3,(H,5,6)/t8-;2-/m00/s1. The zero-order chi connectivity index (χ0) is 14.8. The van der Waals surface area contributed by atoms with Crippen LogP contribution in [0.5, 0.6) is 0 Å². The first kappa shape index (κ1) is 17.1. The summed E-state index contributed by atoms with van der Waals surface area (Å²) < 4.78 is 4.93. The number of carboxylic acid groups (broad SMARTS) is 1. The molecule has 0 saturated heterocycles. The lowest BCUT2D eigenvalue weighted by atomic mass is 10.2. The van der Waals surface area contributed by atoms with Gasteiger partial charge in [0.05, 0.1) is 0 Å². The first-order valence-electron chi connectivity index (χ1n) is 5.79. The van der Waals surface area contributed by atoms with Crippen LogP contribution in [0.25, 0.3) is 0 Å². The second kappa shape index (κ2) is 9.07.